The van der Waals surface area contributed by atoms with E-state index < -0.39 is 5.41 Å². The Labute approximate surface area is 175 Å². The molecule has 2 heteroatoms. The summed E-state index contributed by atoms with van der Waals surface area (Å²) in [7, 11) is 4.30. The number of ketones is 1. The van der Waals surface area contributed by atoms with Crippen LogP contribution in [0.2, 0.25) is 0 Å². The quantitative estimate of drug-likeness (QED) is 0.602. The second kappa shape index (κ2) is 8.75. The molecule has 0 unspecified atom stereocenters. The van der Waals surface area contributed by atoms with Crippen LogP contribution in [0.25, 0.3) is 0 Å². The van der Waals surface area contributed by atoms with Crippen LogP contribution in [0.5, 0.6) is 0 Å². The molecule has 3 rings (SSSR count). The van der Waals surface area contributed by atoms with Gasteiger partial charge in [-0.25, -0.2) is 0 Å². The zero-order valence-corrected chi connectivity index (χ0v) is 18.2. The Balaban J connectivity index is 2.31. The third kappa shape index (κ3) is 4.04. The van der Waals surface area contributed by atoms with Gasteiger partial charge < -0.3 is 4.90 Å². The van der Waals surface area contributed by atoms with Crippen LogP contribution in [0, 0.1) is 19.8 Å². The molecule has 0 aromatic heterocycles. The second-order valence-electron chi connectivity index (χ2n) is 8.48. The highest BCUT2D eigenvalue weighted by atomic mass is 16.1. The first-order valence-corrected chi connectivity index (χ1v) is 10.4. The van der Waals surface area contributed by atoms with Crippen LogP contribution in [-0.4, -0.2) is 26.4 Å². The molecule has 0 aliphatic rings. The first kappa shape index (κ1) is 21.0. The van der Waals surface area contributed by atoms with Crippen molar-refractivity contribution < 1.29 is 9.69 Å². The minimum Gasteiger partial charge on any atom is -0.340 e. The van der Waals surface area contributed by atoms with Crippen molar-refractivity contribution in [3.05, 3.63) is 107 Å². The maximum absolute atomic E-state index is 14.3. The van der Waals surface area contributed by atoms with Crippen molar-refractivity contribution in [2.75, 3.05) is 20.6 Å². The first-order chi connectivity index (χ1) is 13.9. The summed E-state index contributed by atoms with van der Waals surface area (Å²) in [6.45, 7) is 7.27. The summed E-state index contributed by atoms with van der Waals surface area (Å²) in [4.78, 5) is 15.7. The van der Waals surface area contributed by atoms with Crippen LogP contribution in [-0.2, 0) is 5.41 Å². The lowest BCUT2D eigenvalue weighted by Gasteiger charge is -2.39. The molecule has 0 saturated heterocycles. The van der Waals surface area contributed by atoms with E-state index in [0.29, 0.717) is 0 Å². The van der Waals surface area contributed by atoms with Gasteiger partial charge in [0.15, 0.2) is 5.78 Å². The molecule has 0 heterocycles. The maximum Gasteiger partial charge on any atom is 0.178 e. The molecular weight excluding hydrogens is 354 g/mol. The van der Waals surface area contributed by atoms with Gasteiger partial charge in [0, 0.05) is 11.5 Å². The molecule has 3 aromatic carbocycles. The number of nitrogens with one attached hydrogen (secondary N) is 1. The zero-order chi connectivity index (χ0) is 21.0. The Morgan fingerprint density at radius 1 is 0.828 bits per heavy atom. The van der Waals surface area contributed by atoms with Gasteiger partial charge in [-0.1, -0.05) is 79.7 Å². The average molecular weight is 387 g/mol. The van der Waals surface area contributed by atoms with Gasteiger partial charge in [0.05, 0.1) is 26.1 Å². The van der Waals surface area contributed by atoms with Crippen molar-refractivity contribution in [1.82, 2.24) is 0 Å². The number of benzene rings is 3. The molecule has 0 aliphatic carbocycles. The third-order valence-electron chi connectivity index (χ3n) is 6.04. The Hall–Kier alpha value is -2.71. The number of carbonyl (C=O) groups excluding carboxylic acids is 1. The highest BCUT2D eigenvalue weighted by Crippen LogP contribution is 2.42. The predicted octanol–water partition coefficient (Wildman–Crippen LogP) is 4.25. The van der Waals surface area contributed by atoms with Crippen molar-refractivity contribution in [2.24, 2.45) is 5.92 Å². The number of hydrogen-bond donors (Lipinski definition) is 1. The fraction of sp³-hybridized carbons (Fsp3) is 0.296. The minimum absolute atomic E-state index is 0.117. The van der Waals surface area contributed by atoms with Crippen LogP contribution < -0.4 is 4.90 Å². The molecule has 0 aliphatic heterocycles. The standard InChI is InChI=1S/C27H31NO/c1-20-16-17-23(18-21(20)2)26(29)27(22(3)19-28(4)5,24-12-8-6-9-13-24)25-14-10-7-11-15-25/h6-18,22H,19H2,1-5H3/p+1/t22-/m1/s1. The molecule has 0 fully saturated rings. The number of rotatable bonds is 7. The highest BCUT2D eigenvalue weighted by Gasteiger charge is 2.47. The lowest BCUT2D eigenvalue weighted by atomic mass is 9.62. The number of Topliss-reactive ketones (excluding diaryl/α,β-unsaturated/α-hetero) is 1. The van der Waals surface area contributed by atoms with Gasteiger partial charge in [-0.3, -0.25) is 4.79 Å². The fourth-order valence-corrected chi connectivity index (χ4v) is 4.50. The van der Waals surface area contributed by atoms with E-state index >= 15 is 0 Å². The Bertz CT molecular complexity index is 921. The predicted molar refractivity (Wildman–Crippen MR) is 121 cm³/mol. The number of carbonyl (C=O) groups is 1. The molecule has 150 valence electrons. The normalized spacial score (nSPS) is 12.8. The summed E-state index contributed by atoms with van der Waals surface area (Å²) >= 11 is 0. The van der Waals surface area contributed by atoms with E-state index in [0.717, 1.165) is 28.8 Å². The Morgan fingerprint density at radius 3 is 1.79 bits per heavy atom. The molecule has 0 amide bonds. The number of aryl methyl sites for hydroxylation is 2. The molecule has 0 bridgehead atoms. The van der Waals surface area contributed by atoms with Gasteiger partial charge in [-0.15, -0.1) is 0 Å². The summed E-state index contributed by atoms with van der Waals surface area (Å²) in [5.41, 5.74) is 4.52. The largest absolute Gasteiger partial charge is 0.340 e. The van der Waals surface area contributed by atoms with Gasteiger partial charge in [0.25, 0.3) is 0 Å². The van der Waals surface area contributed by atoms with Gasteiger partial charge >= 0.3 is 0 Å². The summed E-state index contributed by atoms with van der Waals surface area (Å²) in [5.74, 6) is 0.290. The smallest absolute Gasteiger partial charge is 0.178 e. The van der Waals surface area contributed by atoms with Crippen molar-refractivity contribution in [3.63, 3.8) is 0 Å². The summed E-state index contributed by atoms with van der Waals surface area (Å²) in [6.07, 6.45) is 0. The van der Waals surface area contributed by atoms with Crippen molar-refractivity contribution in [3.8, 4) is 0 Å². The SMILES string of the molecule is Cc1ccc(C(=O)C(c2ccccc2)(c2ccccc2)[C@H](C)C[NH+](C)C)cc1C. The molecular formula is C27H32NO+. The molecule has 1 N–H and O–H groups in total. The summed E-state index contributed by atoms with van der Waals surface area (Å²) in [6, 6.07) is 26.7. The molecule has 0 radical (unpaired) electrons. The van der Waals surface area contributed by atoms with E-state index in [9.17, 15) is 4.79 Å². The van der Waals surface area contributed by atoms with Gasteiger partial charge in [-0.2, -0.15) is 0 Å². The molecule has 0 spiro atoms. The Kier molecular flexibility index (Phi) is 6.34. The van der Waals surface area contributed by atoms with Crippen molar-refractivity contribution in [2.45, 2.75) is 26.2 Å². The average Bonchev–Trinajstić information content (AvgIpc) is 2.71. The first-order valence-electron chi connectivity index (χ1n) is 10.4. The van der Waals surface area contributed by atoms with Crippen LogP contribution in [0.4, 0.5) is 0 Å². The second-order valence-corrected chi connectivity index (χ2v) is 8.48. The zero-order valence-electron chi connectivity index (χ0n) is 18.2. The van der Waals surface area contributed by atoms with Crippen molar-refractivity contribution >= 4 is 5.78 Å². The Morgan fingerprint density at radius 2 is 1.34 bits per heavy atom. The lowest BCUT2D eigenvalue weighted by Crippen LogP contribution is -3.06. The van der Waals surface area contributed by atoms with Gasteiger partial charge in [-0.05, 0) is 42.2 Å². The number of quaternary nitrogens is 1. The minimum atomic E-state index is -0.735. The van der Waals surface area contributed by atoms with E-state index in [4.69, 9.17) is 0 Å². The van der Waals surface area contributed by atoms with Crippen LogP contribution in [0.1, 0.15) is 39.5 Å². The fourth-order valence-electron chi connectivity index (χ4n) is 4.50. The molecule has 2 nitrogen and oxygen atoms in total. The molecule has 0 saturated carbocycles. The summed E-state index contributed by atoms with van der Waals surface area (Å²) in [5, 5.41) is 0. The van der Waals surface area contributed by atoms with Crippen LogP contribution >= 0.6 is 0 Å². The maximum atomic E-state index is 14.3. The van der Waals surface area contributed by atoms with E-state index in [1.54, 1.807) is 0 Å². The van der Waals surface area contributed by atoms with E-state index in [-0.39, 0.29) is 11.7 Å². The van der Waals surface area contributed by atoms with Crippen molar-refractivity contribution in [1.29, 1.82) is 0 Å². The third-order valence-corrected chi connectivity index (χ3v) is 6.04. The van der Waals surface area contributed by atoms with Gasteiger partial charge in [0.2, 0.25) is 0 Å². The van der Waals surface area contributed by atoms with Crippen LogP contribution in [0.3, 0.4) is 0 Å². The van der Waals surface area contributed by atoms with Crippen LogP contribution in [0.15, 0.2) is 78.9 Å². The van der Waals surface area contributed by atoms with E-state index in [1.165, 1.54) is 10.5 Å². The molecule has 1 atom stereocenters. The summed E-state index contributed by atoms with van der Waals surface area (Å²) < 4.78 is 0. The topological polar surface area (TPSA) is 21.5 Å². The monoisotopic (exact) mass is 386 g/mol. The van der Waals surface area contributed by atoms with E-state index in [2.05, 4.69) is 65.2 Å². The molecule has 29 heavy (non-hydrogen) atoms. The number of hydrogen-bond acceptors (Lipinski definition) is 1. The van der Waals surface area contributed by atoms with Gasteiger partial charge in [0.1, 0.15) is 0 Å². The highest BCUT2D eigenvalue weighted by molar-refractivity contribution is 6.07. The molecule has 3 aromatic rings. The van der Waals surface area contributed by atoms with E-state index in [1.807, 2.05) is 48.5 Å². The lowest BCUT2D eigenvalue weighted by molar-refractivity contribution is -0.862.